The number of hydrogen-bond donors (Lipinski definition) is 1. The van der Waals surface area contributed by atoms with Crippen LogP contribution in [0.1, 0.15) is 42.6 Å². The van der Waals surface area contributed by atoms with Gasteiger partial charge >= 0.3 is 0 Å². The standard InChI is InChI=1S/C34H42N4O2/c1-4-26-5-7-27(8-6-26)19-23-39-31-13-9-28(10-14-31)33-25-38(34(36-33)29-17-21-37(3)22-18-29)30-11-15-32(16-12-30)40-24-20-35-2/h5-16,25,29,35H,4,17-24H2,1-3H3. The minimum atomic E-state index is 0.436. The number of likely N-dealkylation sites (tertiary alicyclic amines) is 1. The van der Waals surface area contributed by atoms with Gasteiger partial charge in [0.1, 0.15) is 23.9 Å². The van der Waals surface area contributed by atoms with Gasteiger partial charge < -0.3 is 24.3 Å². The summed E-state index contributed by atoms with van der Waals surface area (Å²) < 4.78 is 14.2. The highest BCUT2D eigenvalue weighted by atomic mass is 16.5. The van der Waals surface area contributed by atoms with Crippen LogP contribution in [0, 0.1) is 0 Å². The Balaban J connectivity index is 1.30. The average molecular weight is 539 g/mol. The van der Waals surface area contributed by atoms with Gasteiger partial charge in [-0.1, -0.05) is 31.2 Å². The van der Waals surface area contributed by atoms with Gasteiger partial charge in [0.2, 0.25) is 0 Å². The molecule has 0 radical (unpaired) electrons. The van der Waals surface area contributed by atoms with Crippen LogP contribution in [0.2, 0.25) is 0 Å². The number of nitrogens with one attached hydrogen (secondary N) is 1. The van der Waals surface area contributed by atoms with Crippen LogP contribution in [-0.4, -0.2) is 61.4 Å². The van der Waals surface area contributed by atoms with Gasteiger partial charge in [0, 0.05) is 36.3 Å². The van der Waals surface area contributed by atoms with E-state index in [0.29, 0.717) is 19.1 Å². The van der Waals surface area contributed by atoms with Crippen molar-refractivity contribution in [1.29, 1.82) is 0 Å². The Hall–Kier alpha value is -3.61. The first-order valence-electron chi connectivity index (χ1n) is 14.6. The Bertz CT molecular complexity index is 1320. The van der Waals surface area contributed by atoms with Crippen molar-refractivity contribution < 1.29 is 9.47 Å². The summed E-state index contributed by atoms with van der Waals surface area (Å²) >= 11 is 0. The first-order chi connectivity index (χ1) is 19.6. The van der Waals surface area contributed by atoms with Gasteiger partial charge in [0.05, 0.1) is 12.3 Å². The van der Waals surface area contributed by atoms with E-state index >= 15 is 0 Å². The Morgan fingerprint density at radius 1 is 0.825 bits per heavy atom. The van der Waals surface area contributed by atoms with Crippen LogP contribution >= 0.6 is 0 Å². The van der Waals surface area contributed by atoms with E-state index in [4.69, 9.17) is 14.5 Å². The third-order valence-electron chi connectivity index (χ3n) is 7.79. The number of hydrogen-bond acceptors (Lipinski definition) is 5. The Morgan fingerprint density at radius 2 is 1.45 bits per heavy atom. The van der Waals surface area contributed by atoms with Crippen LogP contribution in [0.15, 0.2) is 79.0 Å². The third kappa shape index (κ3) is 7.12. The van der Waals surface area contributed by atoms with Gasteiger partial charge in [-0.25, -0.2) is 4.98 Å². The van der Waals surface area contributed by atoms with E-state index in [-0.39, 0.29) is 0 Å². The van der Waals surface area contributed by atoms with Crippen LogP contribution in [0.4, 0.5) is 0 Å². The topological polar surface area (TPSA) is 51.6 Å². The molecular weight excluding hydrogens is 496 g/mol. The number of ether oxygens (including phenoxy) is 2. The SMILES string of the molecule is CCc1ccc(CCOc2ccc(-c3cn(-c4ccc(OCCNC)cc4)c(C4CCN(C)CC4)n3)cc2)cc1. The van der Waals surface area contributed by atoms with Gasteiger partial charge in [0.15, 0.2) is 0 Å². The zero-order valence-corrected chi connectivity index (χ0v) is 24.1. The summed E-state index contributed by atoms with van der Waals surface area (Å²) in [6, 6.07) is 25.5. The fourth-order valence-electron chi connectivity index (χ4n) is 5.22. The molecule has 0 unspecified atom stereocenters. The summed E-state index contributed by atoms with van der Waals surface area (Å²) in [6.45, 7) is 6.51. The van der Waals surface area contributed by atoms with E-state index in [1.165, 1.54) is 11.1 Å². The van der Waals surface area contributed by atoms with Crippen LogP contribution in [0.5, 0.6) is 11.5 Å². The summed E-state index contributed by atoms with van der Waals surface area (Å²) in [5.41, 5.74) is 5.88. The highest BCUT2D eigenvalue weighted by Gasteiger charge is 2.24. The molecule has 6 heteroatoms. The Kier molecular flexibility index (Phi) is 9.53. The molecule has 5 rings (SSSR count). The lowest BCUT2D eigenvalue weighted by Crippen LogP contribution is -2.30. The molecular formula is C34H42N4O2. The van der Waals surface area contributed by atoms with Crippen molar-refractivity contribution in [3.63, 3.8) is 0 Å². The average Bonchev–Trinajstić information content (AvgIpc) is 3.44. The van der Waals surface area contributed by atoms with E-state index < -0.39 is 0 Å². The van der Waals surface area contributed by atoms with Crippen LogP contribution in [0.3, 0.4) is 0 Å². The minimum absolute atomic E-state index is 0.436. The van der Waals surface area contributed by atoms with Crippen molar-refractivity contribution in [2.45, 2.75) is 38.5 Å². The van der Waals surface area contributed by atoms with Crippen molar-refractivity contribution >= 4 is 0 Å². The molecule has 1 aromatic heterocycles. The third-order valence-corrected chi connectivity index (χ3v) is 7.79. The maximum absolute atomic E-state index is 6.06. The highest BCUT2D eigenvalue weighted by Crippen LogP contribution is 2.32. The van der Waals surface area contributed by atoms with Crippen molar-refractivity contribution in [3.05, 3.63) is 95.9 Å². The largest absolute Gasteiger partial charge is 0.493 e. The predicted octanol–water partition coefficient (Wildman–Crippen LogP) is 6.13. The van der Waals surface area contributed by atoms with Crippen LogP contribution < -0.4 is 14.8 Å². The van der Waals surface area contributed by atoms with E-state index in [1.807, 2.05) is 19.2 Å². The minimum Gasteiger partial charge on any atom is -0.493 e. The summed E-state index contributed by atoms with van der Waals surface area (Å²) in [4.78, 5) is 7.60. The second kappa shape index (κ2) is 13.6. The molecule has 1 N–H and O–H groups in total. The smallest absolute Gasteiger partial charge is 0.119 e. The molecule has 0 saturated carbocycles. The molecule has 1 fully saturated rings. The Labute approximate surface area is 239 Å². The number of nitrogens with zero attached hydrogens (tertiary/aromatic N) is 3. The van der Waals surface area contributed by atoms with E-state index in [0.717, 1.165) is 79.6 Å². The second-order valence-electron chi connectivity index (χ2n) is 10.7. The molecule has 1 aliphatic heterocycles. The molecule has 2 heterocycles. The second-order valence-corrected chi connectivity index (χ2v) is 10.7. The quantitative estimate of drug-likeness (QED) is 0.220. The molecule has 4 aromatic rings. The molecule has 0 bridgehead atoms. The molecule has 3 aromatic carbocycles. The van der Waals surface area contributed by atoms with Crippen molar-refractivity contribution in [1.82, 2.24) is 19.8 Å². The van der Waals surface area contributed by atoms with Gasteiger partial charge in [-0.3, -0.25) is 0 Å². The van der Waals surface area contributed by atoms with Gasteiger partial charge in [-0.15, -0.1) is 0 Å². The lowest BCUT2D eigenvalue weighted by Gasteiger charge is -2.28. The maximum Gasteiger partial charge on any atom is 0.119 e. The highest BCUT2D eigenvalue weighted by molar-refractivity contribution is 5.61. The van der Waals surface area contributed by atoms with Crippen molar-refractivity contribution in [2.75, 3.05) is 46.9 Å². The monoisotopic (exact) mass is 538 g/mol. The molecule has 0 atom stereocenters. The lowest BCUT2D eigenvalue weighted by molar-refractivity contribution is 0.250. The van der Waals surface area contributed by atoms with E-state index in [9.17, 15) is 0 Å². The Morgan fingerprint density at radius 3 is 2.10 bits per heavy atom. The van der Waals surface area contributed by atoms with Crippen molar-refractivity contribution in [2.24, 2.45) is 0 Å². The number of piperidine rings is 1. The first kappa shape index (κ1) is 27.9. The zero-order chi connectivity index (χ0) is 27.7. The molecule has 1 saturated heterocycles. The lowest BCUT2D eigenvalue weighted by atomic mass is 9.96. The molecule has 210 valence electrons. The number of rotatable bonds is 12. The molecule has 0 amide bonds. The number of likely N-dealkylation sites (N-methyl/N-ethyl adjacent to an activating group) is 1. The van der Waals surface area contributed by atoms with E-state index in [2.05, 4.69) is 95.6 Å². The van der Waals surface area contributed by atoms with Crippen LogP contribution in [0.25, 0.3) is 16.9 Å². The van der Waals surface area contributed by atoms with Gasteiger partial charge in [-0.2, -0.15) is 0 Å². The molecule has 0 aliphatic carbocycles. The fourth-order valence-corrected chi connectivity index (χ4v) is 5.22. The molecule has 6 nitrogen and oxygen atoms in total. The fraction of sp³-hybridized carbons (Fsp3) is 0.382. The van der Waals surface area contributed by atoms with Crippen molar-refractivity contribution in [3.8, 4) is 28.4 Å². The number of aromatic nitrogens is 2. The zero-order valence-electron chi connectivity index (χ0n) is 24.1. The molecule has 0 spiro atoms. The molecule has 1 aliphatic rings. The summed E-state index contributed by atoms with van der Waals surface area (Å²) in [7, 11) is 4.13. The predicted molar refractivity (Wildman–Crippen MR) is 163 cm³/mol. The maximum atomic E-state index is 6.06. The normalized spacial score (nSPS) is 14.4. The number of aryl methyl sites for hydroxylation is 1. The summed E-state index contributed by atoms with van der Waals surface area (Å²) in [5.74, 6) is 3.35. The first-order valence-corrected chi connectivity index (χ1v) is 14.6. The van der Waals surface area contributed by atoms with Gasteiger partial charge in [0.25, 0.3) is 0 Å². The summed E-state index contributed by atoms with van der Waals surface area (Å²) in [5, 5.41) is 3.12. The summed E-state index contributed by atoms with van der Waals surface area (Å²) in [6.07, 6.45) is 6.38. The number of imidazole rings is 1. The van der Waals surface area contributed by atoms with E-state index in [1.54, 1.807) is 0 Å². The van der Waals surface area contributed by atoms with Gasteiger partial charge in [-0.05, 0) is 106 Å². The van der Waals surface area contributed by atoms with Crippen LogP contribution in [-0.2, 0) is 12.8 Å². The molecule has 40 heavy (non-hydrogen) atoms. The number of benzene rings is 3.